The Balaban J connectivity index is 0.000000152. The largest absolute Gasteiger partial charge is 0.357 e. The van der Waals surface area contributed by atoms with Gasteiger partial charge in [0.1, 0.15) is 11.6 Å². The van der Waals surface area contributed by atoms with Crippen LogP contribution in [-0.2, 0) is 12.8 Å². The molecule has 4 aromatic heterocycles. The zero-order valence-electron chi connectivity index (χ0n) is 27.9. The summed E-state index contributed by atoms with van der Waals surface area (Å²) in [6, 6.07) is 28.5. The van der Waals surface area contributed by atoms with Gasteiger partial charge < -0.3 is 9.80 Å². The van der Waals surface area contributed by atoms with E-state index in [4.69, 9.17) is 19.9 Å². The summed E-state index contributed by atoms with van der Waals surface area (Å²) in [5.74, 6) is 2.18. The number of anilines is 2. The molecule has 8 nitrogen and oxygen atoms in total. The van der Waals surface area contributed by atoms with Crippen molar-refractivity contribution in [1.29, 1.82) is 0 Å². The number of aryl methyl sites for hydroxylation is 4. The van der Waals surface area contributed by atoms with E-state index < -0.39 is 0 Å². The lowest BCUT2D eigenvalue weighted by Crippen LogP contribution is -2.19. The molecule has 8 rings (SSSR count). The first-order valence-electron chi connectivity index (χ1n) is 17.2. The lowest BCUT2D eigenvalue weighted by Gasteiger charge is -2.17. The summed E-state index contributed by atoms with van der Waals surface area (Å²) in [6.07, 6.45) is 10.9. The van der Waals surface area contributed by atoms with E-state index in [0.29, 0.717) is 0 Å². The number of aromatic nitrogens is 6. The molecule has 2 aliphatic rings. The summed E-state index contributed by atoms with van der Waals surface area (Å²) in [7, 11) is 0. The highest BCUT2D eigenvalue weighted by Gasteiger charge is 2.15. The molecule has 0 N–H and O–H groups in total. The number of nitrogens with zero attached hydrogens (tertiary/aromatic N) is 8. The van der Waals surface area contributed by atoms with Crippen molar-refractivity contribution in [3.8, 4) is 0 Å². The van der Waals surface area contributed by atoms with Crippen LogP contribution >= 0.6 is 0 Å². The maximum Gasteiger partial charge on any atom is 0.129 e. The van der Waals surface area contributed by atoms with Crippen molar-refractivity contribution in [3.63, 3.8) is 0 Å². The Bertz CT molecular complexity index is 2040. The van der Waals surface area contributed by atoms with Crippen molar-refractivity contribution in [2.75, 3.05) is 36.0 Å². The van der Waals surface area contributed by atoms with Gasteiger partial charge in [-0.25, -0.2) is 29.9 Å². The third-order valence-corrected chi connectivity index (χ3v) is 9.06. The predicted molar refractivity (Wildman–Crippen MR) is 196 cm³/mol. The Morgan fingerprint density at radius 2 is 1.04 bits per heavy atom. The third-order valence-electron chi connectivity index (χ3n) is 9.06. The van der Waals surface area contributed by atoms with E-state index in [0.717, 1.165) is 107 Å². The molecule has 0 saturated carbocycles. The van der Waals surface area contributed by atoms with Gasteiger partial charge >= 0.3 is 0 Å². The van der Waals surface area contributed by atoms with Gasteiger partial charge in [0, 0.05) is 31.9 Å². The summed E-state index contributed by atoms with van der Waals surface area (Å²) in [5.41, 5.74) is 9.78. The fourth-order valence-electron chi connectivity index (χ4n) is 6.42. The van der Waals surface area contributed by atoms with Crippen LogP contribution in [0.5, 0.6) is 0 Å². The van der Waals surface area contributed by atoms with E-state index in [2.05, 4.69) is 50.1 Å². The third kappa shape index (κ3) is 7.49. The SMILES string of the molecule is Cc1nc2ccccc2nc1/C=C/c1cccc(N2CCCC2)n1.Cc1nc2ccccc2nc1CCc1cccc(N2CCCC2)n1. The van der Waals surface area contributed by atoms with E-state index in [1.165, 1.54) is 25.7 Å². The maximum absolute atomic E-state index is 4.84. The van der Waals surface area contributed by atoms with Crippen molar-refractivity contribution >= 4 is 45.9 Å². The molecule has 0 amide bonds. The van der Waals surface area contributed by atoms with E-state index in [-0.39, 0.29) is 0 Å². The molecule has 0 unspecified atom stereocenters. The molecule has 8 heteroatoms. The van der Waals surface area contributed by atoms with Crippen molar-refractivity contribution < 1.29 is 0 Å². The molecular weight excluding hydrogens is 592 g/mol. The van der Waals surface area contributed by atoms with Crippen LogP contribution in [0, 0.1) is 13.8 Å². The summed E-state index contributed by atoms with van der Waals surface area (Å²) in [6.45, 7) is 8.51. The first kappa shape index (κ1) is 31.4. The Morgan fingerprint density at radius 3 is 1.69 bits per heavy atom. The lowest BCUT2D eigenvalue weighted by atomic mass is 10.1. The molecule has 0 radical (unpaired) electrons. The van der Waals surface area contributed by atoms with E-state index in [1.807, 2.05) is 80.6 Å². The normalized spacial score (nSPS) is 14.6. The molecule has 0 bridgehead atoms. The smallest absolute Gasteiger partial charge is 0.129 e. The zero-order chi connectivity index (χ0) is 32.7. The minimum Gasteiger partial charge on any atom is -0.357 e. The van der Waals surface area contributed by atoms with Gasteiger partial charge in [-0.2, -0.15) is 0 Å². The topological polar surface area (TPSA) is 83.8 Å². The Labute approximate surface area is 282 Å². The monoisotopic (exact) mass is 634 g/mol. The fraction of sp³-hybridized carbons (Fsp3) is 0.300. The second-order valence-electron chi connectivity index (χ2n) is 12.6. The van der Waals surface area contributed by atoms with Gasteiger partial charge in [-0.15, -0.1) is 0 Å². The molecule has 0 aliphatic carbocycles. The molecular formula is C40H42N8. The predicted octanol–water partition coefficient (Wildman–Crippen LogP) is 7.82. The van der Waals surface area contributed by atoms with Crippen molar-refractivity contribution in [3.05, 3.63) is 119 Å². The van der Waals surface area contributed by atoms with Crippen LogP contribution in [0.25, 0.3) is 34.2 Å². The highest BCUT2D eigenvalue weighted by molar-refractivity contribution is 5.77. The Kier molecular flexibility index (Phi) is 9.59. The van der Waals surface area contributed by atoms with Crippen LogP contribution in [0.4, 0.5) is 11.6 Å². The second kappa shape index (κ2) is 14.7. The maximum atomic E-state index is 4.84. The number of para-hydroxylation sites is 4. The van der Waals surface area contributed by atoms with Gasteiger partial charge in [-0.05, 0) is 113 Å². The minimum absolute atomic E-state index is 0.875. The van der Waals surface area contributed by atoms with E-state index >= 15 is 0 Å². The lowest BCUT2D eigenvalue weighted by molar-refractivity contribution is 0.850. The van der Waals surface area contributed by atoms with Gasteiger partial charge in [0.2, 0.25) is 0 Å². The summed E-state index contributed by atoms with van der Waals surface area (Å²) in [4.78, 5) is 33.1. The Morgan fingerprint density at radius 1 is 0.500 bits per heavy atom. The van der Waals surface area contributed by atoms with Gasteiger partial charge in [-0.1, -0.05) is 36.4 Å². The van der Waals surface area contributed by atoms with Gasteiger partial charge in [0.05, 0.1) is 50.5 Å². The van der Waals surface area contributed by atoms with Crippen molar-refractivity contribution in [1.82, 2.24) is 29.9 Å². The molecule has 0 atom stereocenters. The Hall–Kier alpha value is -5.24. The summed E-state index contributed by atoms with van der Waals surface area (Å²) < 4.78 is 0. The number of benzene rings is 2. The first-order chi connectivity index (χ1) is 23.6. The number of hydrogen-bond acceptors (Lipinski definition) is 8. The molecule has 2 fully saturated rings. The highest BCUT2D eigenvalue weighted by atomic mass is 15.2. The molecule has 6 heterocycles. The highest BCUT2D eigenvalue weighted by Crippen LogP contribution is 2.21. The van der Waals surface area contributed by atoms with Crippen LogP contribution in [0.15, 0.2) is 84.9 Å². The standard InChI is InChI=1S/C20H22N4.C20H20N4/c2*1-15-17(23-19-9-3-2-8-18(19)21-15)12-11-16-7-6-10-20(22-16)24-13-4-5-14-24/h2-3,6-10H,4-5,11-14H2,1H3;2-3,6-12H,4-5,13-14H2,1H3/b;12-11+. The second-order valence-corrected chi connectivity index (χ2v) is 12.6. The van der Waals surface area contributed by atoms with E-state index in [9.17, 15) is 0 Å². The van der Waals surface area contributed by atoms with Crippen LogP contribution in [0.3, 0.4) is 0 Å². The number of hydrogen-bond donors (Lipinski definition) is 0. The summed E-state index contributed by atoms with van der Waals surface area (Å²) >= 11 is 0. The first-order valence-corrected chi connectivity index (χ1v) is 17.2. The summed E-state index contributed by atoms with van der Waals surface area (Å²) in [5, 5.41) is 0. The van der Waals surface area contributed by atoms with Crippen LogP contribution in [0.1, 0.15) is 59.8 Å². The van der Waals surface area contributed by atoms with Crippen molar-refractivity contribution in [2.45, 2.75) is 52.4 Å². The quantitative estimate of drug-likeness (QED) is 0.176. The van der Waals surface area contributed by atoms with Crippen molar-refractivity contribution in [2.24, 2.45) is 0 Å². The average Bonchev–Trinajstić information content (AvgIpc) is 3.87. The molecule has 2 saturated heterocycles. The molecule has 2 aliphatic heterocycles. The number of pyridine rings is 2. The van der Waals surface area contributed by atoms with Crippen LogP contribution in [0.2, 0.25) is 0 Å². The number of fused-ring (bicyclic) bond motifs is 2. The molecule has 6 aromatic rings. The zero-order valence-corrected chi connectivity index (χ0v) is 27.9. The van der Waals surface area contributed by atoms with Gasteiger partial charge in [-0.3, -0.25) is 0 Å². The van der Waals surface area contributed by atoms with Gasteiger partial charge in [0.15, 0.2) is 0 Å². The molecule has 242 valence electrons. The number of rotatable bonds is 7. The molecule has 48 heavy (non-hydrogen) atoms. The fourth-order valence-corrected chi connectivity index (χ4v) is 6.42. The van der Waals surface area contributed by atoms with E-state index in [1.54, 1.807) is 0 Å². The molecule has 0 spiro atoms. The minimum atomic E-state index is 0.875. The van der Waals surface area contributed by atoms with Crippen LogP contribution < -0.4 is 9.80 Å². The molecule has 2 aromatic carbocycles. The van der Waals surface area contributed by atoms with Crippen LogP contribution in [-0.4, -0.2) is 56.1 Å². The van der Waals surface area contributed by atoms with Gasteiger partial charge in [0.25, 0.3) is 0 Å². The average molecular weight is 635 g/mol.